The summed E-state index contributed by atoms with van der Waals surface area (Å²) in [7, 11) is 1.52. The summed E-state index contributed by atoms with van der Waals surface area (Å²) in [5, 5.41) is -0.0394. The lowest BCUT2D eigenvalue weighted by Gasteiger charge is -2.05. The third kappa shape index (κ3) is 5.01. The molecule has 0 radical (unpaired) electrons. The SMILES string of the molecule is O=S(=O)(Cl)CCCOc1ccc(F)c(Cl)c1. The summed E-state index contributed by atoms with van der Waals surface area (Å²) in [6.45, 7) is 0.175. The predicted molar refractivity (Wildman–Crippen MR) is 61.2 cm³/mol. The molecule has 1 aromatic carbocycles. The van der Waals surface area contributed by atoms with Crippen molar-refractivity contribution in [3.05, 3.63) is 29.0 Å². The first-order chi connectivity index (χ1) is 7.38. The zero-order chi connectivity index (χ0) is 12.2. The highest BCUT2D eigenvalue weighted by molar-refractivity contribution is 8.13. The second-order valence-electron chi connectivity index (χ2n) is 3.02. The van der Waals surface area contributed by atoms with Crippen molar-refractivity contribution in [1.29, 1.82) is 0 Å². The zero-order valence-electron chi connectivity index (χ0n) is 8.12. The van der Waals surface area contributed by atoms with E-state index < -0.39 is 14.9 Å². The summed E-state index contributed by atoms with van der Waals surface area (Å²) in [6.07, 6.45) is 0.265. The summed E-state index contributed by atoms with van der Waals surface area (Å²) in [4.78, 5) is 0. The zero-order valence-corrected chi connectivity index (χ0v) is 10.4. The van der Waals surface area contributed by atoms with E-state index in [9.17, 15) is 12.8 Å². The van der Waals surface area contributed by atoms with Crippen molar-refractivity contribution in [2.24, 2.45) is 0 Å². The Morgan fingerprint density at radius 3 is 2.62 bits per heavy atom. The van der Waals surface area contributed by atoms with Crippen LogP contribution in [0.2, 0.25) is 5.02 Å². The number of benzene rings is 1. The van der Waals surface area contributed by atoms with Gasteiger partial charge in [0.25, 0.3) is 0 Å². The summed E-state index contributed by atoms with van der Waals surface area (Å²) in [5.74, 6) is -0.306. The van der Waals surface area contributed by atoms with Crippen LogP contribution in [0.25, 0.3) is 0 Å². The van der Waals surface area contributed by atoms with E-state index in [1.54, 1.807) is 0 Å². The molecule has 0 atom stereocenters. The van der Waals surface area contributed by atoms with Crippen LogP contribution in [0.1, 0.15) is 6.42 Å². The minimum atomic E-state index is -3.49. The molecular formula is C9H9Cl2FO3S. The molecule has 90 valence electrons. The van der Waals surface area contributed by atoms with Crippen molar-refractivity contribution in [2.45, 2.75) is 6.42 Å². The van der Waals surface area contributed by atoms with Gasteiger partial charge in [-0.15, -0.1) is 0 Å². The van der Waals surface area contributed by atoms with Crippen molar-refractivity contribution in [2.75, 3.05) is 12.4 Å². The lowest BCUT2D eigenvalue weighted by Crippen LogP contribution is -2.04. The van der Waals surface area contributed by atoms with Crippen molar-refractivity contribution < 1.29 is 17.5 Å². The van der Waals surface area contributed by atoms with Crippen LogP contribution in [0.5, 0.6) is 5.75 Å². The van der Waals surface area contributed by atoms with Crippen LogP contribution in [0.3, 0.4) is 0 Å². The van der Waals surface area contributed by atoms with Crippen molar-refractivity contribution in [3.8, 4) is 5.75 Å². The van der Waals surface area contributed by atoms with Gasteiger partial charge < -0.3 is 4.74 Å². The molecule has 7 heteroatoms. The highest BCUT2D eigenvalue weighted by Crippen LogP contribution is 2.21. The Kier molecular flexibility index (Phi) is 4.83. The van der Waals surface area contributed by atoms with E-state index in [4.69, 9.17) is 27.0 Å². The van der Waals surface area contributed by atoms with E-state index in [1.165, 1.54) is 18.2 Å². The molecule has 0 aliphatic heterocycles. The van der Waals surface area contributed by atoms with Crippen LogP contribution in [0, 0.1) is 5.82 Å². The van der Waals surface area contributed by atoms with Gasteiger partial charge in [0.15, 0.2) is 0 Å². The number of ether oxygens (including phenoxy) is 1. The molecule has 0 bridgehead atoms. The van der Waals surface area contributed by atoms with Gasteiger partial charge >= 0.3 is 0 Å². The largest absolute Gasteiger partial charge is 0.494 e. The van der Waals surface area contributed by atoms with Gasteiger partial charge in [-0.05, 0) is 18.6 Å². The molecule has 0 spiro atoms. The monoisotopic (exact) mass is 286 g/mol. The Hall–Kier alpha value is -0.520. The smallest absolute Gasteiger partial charge is 0.232 e. The highest BCUT2D eigenvalue weighted by atomic mass is 35.7. The minimum Gasteiger partial charge on any atom is -0.494 e. The van der Waals surface area contributed by atoms with E-state index >= 15 is 0 Å². The first kappa shape index (κ1) is 13.5. The number of hydrogen-bond acceptors (Lipinski definition) is 3. The average Bonchev–Trinajstić information content (AvgIpc) is 2.17. The van der Waals surface area contributed by atoms with E-state index in [1.807, 2.05) is 0 Å². The molecule has 16 heavy (non-hydrogen) atoms. The topological polar surface area (TPSA) is 43.4 Å². The number of hydrogen-bond donors (Lipinski definition) is 0. The van der Waals surface area contributed by atoms with Gasteiger partial charge in [-0.3, -0.25) is 0 Å². The Balaban J connectivity index is 2.41. The van der Waals surface area contributed by atoms with Crippen LogP contribution in [-0.4, -0.2) is 20.8 Å². The van der Waals surface area contributed by atoms with Gasteiger partial charge in [-0.25, -0.2) is 12.8 Å². The first-order valence-electron chi connectivity index (χ1n) is 4.39. The van der Waals surface area contributed by atoms with Crippen molar-refractivity contribution in [3.63, 3.8) is 0 Å². The fourth-order valence-corrected chi connectivity index (χ4v) is 1.95. The third-order valence-corrected chi connectivity index (χ3v) is 3.22. The van der Waals surface area contributed by atoms with Gasteiger partial charge in [-0.1, -0.05) is 11.6 Å². The quantitative estimate of drug-likeness (QED) is 0.618. The number of halogens is 3. The predicted octanol–water partition coefficient (Wildman–Crippen LogP) is 2.82. The maximum atomic E-state index is 12.8. The molecule has 0 aliphatic rings. The molecule has 0 heterocycles. The van der Waals surface area contributed by atoms with Crippen LogP contribution in [0.15, 0.2) is 18.2 Å². The molecule has 0 aromatic heterocycles. The fraction of sp³-hybridized carbons (Fsp3) is 0.333. The first-order valence-corrected chi connectivity index (χ1v) is 7.24. The molecule has 1 aromatic rings. The number of rotatable bonds is 5. The molecule has 0 aliphatic carbocycles. The van der Waals surface area contributed by atoms with E-state index in [0.29, 0.717) is 5.75 Å². The Morgan fingerprint density at radius 2 is 2.06 bits per heavy atom. The Bertz CT molecular complexity index is 462. The molecule has 0 saturated carbocycles. The van der Waals surface area contributed by atoms with E-state index in [0.717, 1.165) is 0 Å². The Labute approximate surface area is 103 Å². The average molecular weight is 287 g/mol. The summed E-state index contributed by atoms with van der Waals surface area (Å²) < 4.78 is 39.1. The standard InChI is InChI=1S/C9H9Cl2FO3S/c10-8-6-7(2-3-9(8)12)15-4-1-5-16(11,13)14/h2-3,6H,1,4-5H2. The lowest BCUT2D eigenvalue weighted by atomic mass is 10.3. The normalized spacial score (nSPS) is 11.4. The molecular weight excluding hydrogens is 278 g/mol. The van der Waals surface area contributed by atoms with Crippen LogP contribution in [-0.2, 0) is 9.05 Å². The van der Waals surface area contributed by atoms with Crippen LogP contribution in [0.4, 0.5) is 4.39 Å². The lowest BCUT2D eigenvalue weighted by molar-refractivity contribution is 0.317. The highest BCUT2D eigenvalue weighted by Gasteiger charge is 2.05. The molecule has 0 N–H and O–H groups in total. The Morgan fingerprint density at radius 1 is 1.38 bits per heavy atom. The minimum absolute atomic E-state index is 0.0394. The van der Waals surface area contributed by atoms with Crippen molar-refractivity contribution >= 4 is 31.3 Å². The van der Waals surface area contributed by atoms with Gasteiger partial charge in [0.2, 0.25) is 9.05 Å². The maximum absolute atomic E-state index is 12.8. The van der Waals surface area contributed by atoms with Crippen LogP contribution >= 0.6 is 22.3 Å². The van der Waals surface area contributed by atoms with Crippen LogP contribution < -0.4 is 4.74 Å². The van der Waals surface area contributed by atoms with Crippen molar-refractivity contribution in [1.82, 2.24) is 0 Å². The van der Waals surface area contributed by atoms with E-state index in [2.05, 4.69) is 0 Å². The summed E-state index contributed by atoms with van der Waals surface area (Å²) in [5.41, 5.74) is 0. The summed E-state index contributed by atoms with van der Waals surface area (Å²) >= 11 is 5.53. The molecule has 0 fully saturated rings. The van der Waals surface area contributed by atoms with Gasteiger partial charge in [0.1, 0.15) is 11.6 Å². The molecule has 0 unspecified atom stereocenters. The molecule has 0 amide bonds. The second kappa shape index (κ2) is 5.70. The van der Waals surface area contributed by atoms with Gasteiger partial charge in [0.05, 0.1) is 17.4 Å². The molecule has 3 nitrogen and oxygen atoms in total. The third-order valence-electron chi connectivity index (χ3n) is 1.69. The van der Waals surface area contributed by atoms with E-state index in [-0.39, 0.29) is 23.8 Å². The fourth-order valence-electron chi connectivity index (χ4n) is 0.988. The van der Waals surface area contributed by atoms with Gasteiger partial charge in [0, 0.05) is 16.7 Å². The van der Waals surface area contributed by atoms with Gasteiger partial charge in [-0.2, -0.15) is 0 Å². The molecule has 0 saturated heterocycles. The second-order valence-corrected chi connectivity index (χ2v) is 6.32. The molecule has 1 rings (SSSR count). The maximum Gasteiger partial charge on any atom is 0.232 e. The summed E-state index contributed by atoms with van der Waals surface area (Å²) in [6, 6.07) is 3.92.